The van der Waals surface area contributed by atoms with Crippen molar-refractivity contribution in [1.29, 1.82) is 0 Å². The first-order chi connectivity index (χ1) is 7.60. The second-order valence-electron chi connectivity index (χ2n) is 3.57. The van der Waals surface area contributed by atoms with E-state index in [1.807, 2.05) is 13.8 Å². The van der Waals surface area contributed by atoms with Crippen molar-refractivity contribution in [2.45, 2.75) is 39.5 Å². The summed E-state index contributed by atoms with van der Waals surface area (Å²) < 4.78 is 9.81. The van der Waals surface area contributed by atoms with E-state index < -0.39 is 0 Å². The number of hydrogen-bond donors (Lipinski definition) is 0. The van der Waals surface area contributed by atoms with Gasteiger partial charge in [0.2, 0.25) is 0 Å². The summed E-state index contributed by atoms with van der Waals surface area (Å²) in [7, 11) is 0. The average molecular weight is 228 g/mol. The van der Waals surface area contributed by atoms with Gasteiger partial charge in [-0.15, -0.1) is 0 Å². The SMILES string of the molecule is C=C(COC(=O)CCC)COC(=O)CCC. The van der Waals surface area contributed by atoms with Crippen molar-refractivity contribution < 1.29 is 19.1 Å². The number of rotatable bonds is 8. The maximum absolute atomic E-state index is 11.0. The summed E-state index contributed by atoms with van der Waals surface area (Å²) in [5.74, 6) is -0.493. The van der Waals surface area contributed by atoms with E-state index in [0.29, 0.717) is 18.4 Å². The van der Waals surface area contributed by atoms with Gasteiger partial charge in [-0.3, -0.25) is 9.59 Å². The highest BCUT2D eigenvalue weighted by Gasteiger charge is 2.05. The van der Waals surface area contributed by atoms with Gasteiger partial charge in [-0.2, -0.15) is 0 Å². The summed E-state index contributed by atoms with van der Waals surface area (Å²) in [4.78, 5) is 22.0. The van der Waals surface area contributed by atoms with Crippen molar-refractivity contribution >= 4 is 11.9 Å². The molecule has 0 N–H and O–H groups in total. The Morgan fingerprint density at radius 2 is 1.31 bits per heavy atom. The lowest BCUT2D eigenvalue weighted by atomic mass is 10.3. The largest absolute Gasteiger partial charge is 0.461 e. The molecule has 0 aliphatic rings. The maximum Gasteiger partial charge on any atom is 0.306 e. The lowest BCUT2D eigenvalue weighted by Crippen LogP contribution is -2.12. The molecule has 0 aromatic carbocycles. The monoisotopic (exact) mass is 228 g/mol. The quantitative estimate of drug-likeness (QED) is 0.472. The van der Waals surface area contributed by atoms with Crippen molar-refractivity contribution in [1.82, 2.24) is 0 Å². The number of hydrogen-bond acceptors (Lipinski definition) is 4. The van der Waals surface area contributed by atoms with Crippen LogP contribution in [0, 0.1) is 0 Å². The second kappa shape index (κ2) is 8.95. The Kier molecular flexibility index (Phi) is 8.21. The molecule has 0 spiro atoms. The van der Waals surface area contributed by atoms with Crippen LogP contribution in [0.4, 0.5) is 0 Å². The molecule has 0 radical (unpaired) electrons. The van der Waals surface area contributed by atoms with Gasteiger partial charge in [0, 0.05) is 12.8 Å². The molecular formula is C12H20O4. The summed E-state index contributed by atoms with van der Waals surface area (Å²) >= 11 is 0. The normalized spacial score (nSPS) is 9.62. The lowest BCUT2D eigenvalue weighted by Gasteiger charge is -2.08. The van der Waals surface area contributed by atoms with Crippen molar-refractivity contribution in [2.24, 2.45) is 0 Å². The fourth-order valence-corrected chi connectivity index (χ4v) is 0.959. The molecule has 0 fully saturated rings. The van der Waals surface area contributed by atoms with Gasteiger partial charge < -0.3 is 9.47 Å². The van der Waals surface area contributed by atoms with Crippen LogP contribution >= 0.6 is 0 Å². The zero-order chi connectivity index (χ0) is 12.4. The highest BCUT2D eigenvalue weighted by Crippen LogP contribution is 1.99. The Labute approximate surface area is 96.6 Å². The summed E-state index contributed by atoms with van der Waals surface area (Å²) in [5.41, 5.74) is 0.592. The molecule has 0 heterocycles. The standard InChI is InChI=1S/C12H20O4/c1-4-6-11(13)15-8-10(3)9-16-12(14)7-5-2/h3-9H2,1-2H3. The zero-order valence-electron chi connectivity index (χ0n) is 10.1. The second-order valence-corrected chi connectivity index (χ2v) is 3.57. The molecule has 0 aliphatic heterocycles. The fourth-order valence-electron chi connectivity index (χ4n) is 0.959. The summed E-state index contributed by atoms with van der Waals surface area (Å²) in [6.07, 6.45) is 2.33. The Balaban J connectivity index is 3.59. The smallest absolute Gasteiger partial charge is 0.306 e. The average Bonchev–Trinajstić information content (AvgIpc) is 2.24. The van der Waals surface area contributed by atoms with Gasteiger partial charge in [0.25, 0.3) is 0 Å². The van der Waals surface area contributed by atoms with Gasteiger partial charge in [-0.05, 0) is 18.4 Å². The van der Waals surface area contributed by atoms with Crippen LogP contribution in [0.2, 0.25) is 0 Å². The molecule has 0 amide bonds. The molecule has 4 nitrogen and oxygen atoms in total. The highest BCUT2D eigenvalue weighted by molar-refractivity contribution is 5.70. The molecule has 0 unspecified atom stereocenters. The van der Waals surface area contributed by atoms with E-state index in [1.54, 1.807) is 0 Å². The summed E-state index contributed by atoms with van der Waals surface area (Å²) in [6, 6.07) is 0. The fraction of sp³-hybridized carbons (Fsp3) is 0.667. The summed E-state index contributed by atoms with van der Waals surface area (Å²) in [5, 5.41) is 0. The molecule has 92 valence electrons. The Bertz CT molecular complexity index is 221. The molecular weight excluding hydrogens is 208 g/mol. The third kappa shape index (κ3) is 8.03. The Hall–Kier alpha value is -1.32. The predicted molar refractivity (Wildman–Crippen MR) is 60.9 cm³/mol. The van der Waals surface area contributed by atoms with E-state index in [2.05, 4.69) is 6.58 Å². The van der Waals surface area contributed by atoms with E-state index in [-0.39, 0.29) is 25.2 Å². The van der Waals surface area contributed by atoms with E-state index in [9.17, 15) is 9.59 Å². The lowest BCUT2D eigenvalue weighted by molar-refractivity contribution is -0.143. The molecule has 0 rings (SSSR count). The molecule has 0 aliphatic carbocycles. The maximum atomic E-state index is 11.0. The molecule has 16 heavy (non-hydrogen) atoms. The van der Waals surface area contributed by atoms with Crippen LogP contribution in [-0.4, -0.2) is 25.2 Å². The Morgan fingerprint density at radius 3 is 1.62 bits per heavy atom. The molecule has 0 saturated carbocycles. The van der Waals surface area contributed by atoms with Gasteiger partial charge in [0.15, 0.2) is 0 Å². The third-order valence-corrected chi connectivity index (χ3v) is 1.78. The van der Waals surface area contributed by atoms with Crippen LogP contribution in [0.15, 0.2) is 12.2 Å². The first-order valence-corrected chi connectivity index (χ1v) is 5.58. The molecule has 0 atom stereocenters. The van der Waals surface area contributed by atoms with Crippen molar-refractivity contribution in [3.8, 4) is 0 Å². The van der Waals surface area contributed by atoms with Crippen molar-refractivity contribution in [2.75, 3.05) is 13.2 Å². The molecule has 0 aromatic rings. The molecule has 0 bridgehead atoms. The number of carbonyl (C=O) groups is 2. The third-order valence-electron chi connectivity index (χ3n) is 1.78. The van der Waals surface area contributed by atoms with Gasteiger partial charge >= 0.3 is 11.9 Å². The van der Waals surface area contributed by atoms with Crippen molar-refractivity contribution in [3.05, 3.63) is 12.2 Å². The van der Waals surface area contributed by atoms with E-state index in [1.165, 1.54) is 0 Å². The van der Waals surface area contributed by atoms with Gasteiger partial charge in [0.05, 0.1) is 0 Å². The van der Waals surface area contributed by atoms with E-state index in [0.717, 1.165) is 12.8 Å². The zero-order valence-corrected chi connectivity index (χ0v) is 10.1. The minimum absolute atomic E-state index is 0.123. The first-order valence-electron chi connectivity index (χ1n) is 5.58. The molecule has 4 heteroatoms. The minimum atomic E-state index is -0.247. The van der Waals surface area contributed by atoms with Crippen LogP contribution in [-0.2, 0) is 19.1 Å². The van der Waals surface area contributed by atoms with Crippen LogP contribution < -0.4 is 0 Å². The number of esters is 2. The highest BCUT2D eigenvalue weighted by atomic mass is 16.5. The topological polar surface area (TPSA) is 52.6 Å². The number of carbonyl (C=O) groups excluding carboxylic acids is 2. The van der Waals surface area contributed by atoms with Crippen LogP contribution in [0.5, 0.6) is 0 Å². The van der Waals surface area contributed by atoms with Gasteiger partial charge in [-0.1, -0.05) is 20.4 Å². The van der Waals surface area contributed by atoms with Crippen LogP contribution in [0.3, 0.4) is 0 Å². The van der Waals surface area contributed by atoms with Crippen molar-refractivity contribution in [3.63, 3.8) is 0 Å². The predicted octanol–water partition coefficient (Wildman–Crippen LogP) is 2.23. The van der Waals surface area contributed by atoms with Gasteiger partial charge in [-0.25, -0.2) is 0 Å². The van der Waals surface area contributed by atoms with Crippen LogP contribution in [0.25, 0.3) is 0 Å². The van der Waals surface area contributed by atoms with Gasteiger partial charge in [0.1, 0.15) is 13.2 Å². The van der Waals surface area contributed by atoms with Crippen LogP contribution in [0.1, 0.15) is 39.5 Å². The van der Waals surface area contributed by atoms with E-state index >= 15 is 0 Å². The number of ether oxygens (including phenoxy) is 2. The molecule has 0 aromatic heterocycles. The van der Waals surface area contributed by atoms with E-state index in [4.69, 9.17) is 9.47 Å². The first kappa shape index (κ1) is 14.7. The minimum Gasteiger partial charge on any atom is -0.461 e. The molecule has 0 saturated heterocycles. The Morgan fingerprint density at radius 1 is 0.938 bits per heavy atom. The summed E-state index contributed by atoms with van der Waals surface area (Å²) in [6.45, 7) is 7.72.